The molecule has 0 bridgehead atoms. The minimum absolute atomic E-state index is 0.00494. The number of nitrogens with one attached hydrogen (secondary N) is 1. The van der Waals surface area contributed by atoms with Crippen molar-refractivity contribution in [1.82, 2.24) is 0 Å². The number of benzene rings is 2. The molecule has 2 nitrogen and oxygen atoms in total. The number of halogens is 5. The Kier molecular flexibility index (Phi) is 5.13. The fourth-order valence-electron chi connectivity index (χ4n) is 1.75. The first kappa shape index (κ1) is 16.1. The van der Waals surface area contributed by atoms with Crippen molar-refractivity contribution >= 4 is 33.2 Å². The summed E-state index contributed by atoms with van der Waals surface area (Å²) in [4.78, 5) is 0. The third kappa shape index (κ3) is 3.90. The Morgan fingerprint density at radius 1 is 1.14 bits per heavy atom. The highest BCUT2D eigenvalue weighted by Gasteiger charge is 2.13. The van der Waals surface area contributed by atoms with Crippen LogP contribution in [0.25, 0.3) is 0 Å². The summed E-state index contributed by atoms with van der Waals surface area (Å²) in [7, 11) is 0. The van der Waals surface area contributed by atoms with Crippen molar-refractivity contribution in [2.75, 3.05) is 11.9 Å². The van der Waals surface area contributed by atoms with Gasteiger partial charge in [0.2, 0.25) is 0 Å². The van der Waals surface area contributed by atoms with Gasteiger partial charge in [-0.25, -0.2) is 13.2 Å². The van der Waals surface area contributed by atoms with Gasteiger partial charge in [-0.05, 0) is 45.8 Å². The van der Waals surface area contributed by atoms with Crippen LogP contribution in [0.15, 0.2) is 34.8 Å². The molecule has 0 amide bonds. The van der Waals surface area contributed by atoms with Crippen LogP contribution in [0.4, 0.5) is 18.9 Å². The summed E-state index contributed by atoms with van der Waals surface area (Å²) in [6, 6.07) is 5.49. The Balaban J connectivity index is 2.11. The van der Waals surface area contributed by atoms with Crippen molar-refractivity contribution in [1.29, 1.82) is 0 Å². The molecule has 0 aliphatic heterocycles. The molecule has 0 saturated heterocycles. The van der Waals surface area contributed by atoms with Crippen molar-refractivity contribution in [3.63, 3.8) is 0 Å². The Bertz CT molecular complexity index is 646. The van der Waals surface area contributed by atoms with E-state index in [9.17, 15) is 18.3 Å². The van der Waals surface area contributed by atoms with E-state index < -0.39 is 23.6 Å². The molecule has 2 rings (SSSR count). The van der Waals surface area contributed by atoms with Gasteiger partial charge in [0, 0.05) is 11.0 Å². The standard InChI is InChI=1S/C14H10BrClF3NO/c15-9-4-8(17)5-10(16)14(9)20-6-13(21)7-1-2-11(18)12(19)3-7/h1-5,13,20-21H,6H2. The quantitative estimate of drug-likeness (QED) is 0.808. The minimum Gasteiger partial charge on any atom is -0.387 e. The van der Waals surface area contributed by atoms with E-state index in [4.69, 9.17) is 11.6 Å². The lowest BCUT2D eigenvalue weighted by molar-refractivity contribution is 0.191. The maximum absolute atomic E-state index is 13.1. The maximum atomic E-state index is 13.1. The van der Waals surface area contributed by atoms with Crippen LogP contribution in [0, 0.1) is 17.5 Å². The molecule has 2 aromatic rings. The van der Waals surface area contributed by atoms with E-state index in [0.29, 0.717) is 10.2 Å². The van der Waals surface area contributed by atoms with Crippen molar-refractivity contribution < 1.29 is 18.3 Å². The van der Waals surface area contributed by atoms with Crippen molar-refractivity contribution in [2.24, 2.45) is 0 Å². The van der Waals surface area contributed by atoms with Crippen molar-refractivity contribution in [3.8, 4) is 0 Å². The van der Waals surface area contributed by atoms with Gasteiger partial charge in [-0.1, -0.05) is 17.7 Å². The molecular formula is C14H10BrClF3NO. The fraction of sp³-hybridized carbons (Fsp3) is 0.143. The molecule has 112 valence electrons. The van der Waals surface area contributed by atoms with Crippen LogP contribution >= 0.6 is 27.5 Å². The van der Waals surface area contributed by atoms with Crippen LogP contribution in [-0.4, -0.2) is 11.7 Å². The molecule has 2 N–H and O–H groups in total. The van der Waals surface area contributed by atoms with Gasteiger partial charge in [0.15, 0.2) is 11.6 Å². The minimum atomic E-state index is -1.08. The van der Waals surface area contributed by atoms with E-state index in [0.717, 1.165) is 18.2 Å². The number of hydrogen-bond acceptors (Lipinski definition) is 2. The lowest BCUT2D eigenvalue weighted by Gasteiger charge is -2.15. The Morgan fingerprint density at radius 2 is 1.86 bits per heavy atom. The second kappa shape index (κ2) is 6.68. The lowest BCUT2D eigenvalue weighted by Crippen LogP contribution is -2.13. The van der Waals surface area contributed by atoms with Crippen LogP contribution in [0.5, 0.6) is 0 Å². The molecule has 0 heterocycles. The second-order valence-electron chi connectivity index (χ2n) is 4.31. The summed E-state index contributed by atoms with van der Waals surface area (Å²) in [5.41, 5.74) is 0.621. The number of hydrogen-bond donors (Lipinski definition) is 2. The van der Waals surface area contributed by atoms with Crippen LogP contribution in [0.1, 0.15) is 11.7 Å². The van der Waals surface area contributed by atoms with Gasteiger partial charge in [-0.15, -0.1) is 0 Å². The molecule has 0 fully saturated rings. The molecular weight excluding hydrogens is 371 g/mol. The smallest absolute Gasteiger partial charge is 0.159 e. The highest BCUT2D eigenvalue weighted by atomic mass is 79.9. The molecule has 0 radical (unpaired) electrons. The van der Waals surface area contributed by atoms with E-state index in [2.05, 4.69) is 21.2 Å². The average Bonchev–Trinajstić information content (AvgIpc) is 2.40. The van der Waals surface area contributed by atoms with Crippen molar-refractivity contribution in [2.45, 2.75) is 6.10 Å². The Morgan fingerprint density at radius 3 is 2.48 bits per heavy atom. The zero-order chi connectivity index (χ0) is 15.6. The largest absolute Gasteiger partial charge is 0.387 e. The SMILES string of the molecule is OC(CNc1c(Cl)cc(F)cc1Br)c1ccc(F)c(F)c1. The number of aliphatic hydroxyl groups excluding tert-OH is 1. The zero-order valence-electron chi connectivity index (χ0n) is 10.5. The number of anilines is 1. The average molecular weight is 381 g/mol. The first-order chi connectivity index (χ1) is 9.88. The van der Waals surface area contributed by atoms with Crippen LogP contribution in [0.2, 0.25) is 5.02 Å². The molecule has 0 saturated carbocycles. The van der Waals surface area contributed by atoms with Gasteiger partial charge >= 0.3 is 0 Å². The van der Waals surface area contributed by atoms with Gasteiger partial charge in [0.25, 0.3) is 0 Å². The summed E-state index contributed by atoms with van der Waals surface area (Å²) in [6.07, 6.45) is -1.08. The summed E-state index contributed by atoms with van der Waals surface area (Å²) in [5.74, 6) is -2.52. The van der Waals surface area contributed by atoms with E-state index in [-0.39, 0.29) is 17.1 Å². The van der Waals surface area contributed by atoms with Crippen LogP contribution in [-0.2, 0) is 0 Å². The molecule has 2 aromatic carbocycles. The van der Waals surface area contributed by atoms with Crippen molar-refractivity contribution in [3.05, 3.63) is 62.8 Å². The van der Waals surface area contributed by atoms with E-state index >= 15 is 0 Å². The van der Waals surface area contributed by atoms with Crippen LogP contribution < -0.4 is 5.32 Å². The lowest BCUT2D eigenvalue weighted by atomic mass is 10.1. The normalized spacial score (nSPS) is 12.3. The fourth-order valence-corrected chi connectivity index (χ4v) is 2.71. The first-order valence-corrected chi connectivity index (χ1v) is 7.07. The Labute approximate surface area is 132 Å². The summed E-state index contributed by atoms with van der Waals surface area (Å²) < 4.78 is 39.4. The highest BCUT2D eigenvalue weighted by Crippen LogP contribution is 2.32. The Hall–Kier alpha value is -1.24. The van der Waals surface area contributed by atoms with E-state index in [1.54, 1.807) is 0 Å². The number of rotatable bonds is 4. The predicted molar refractivity (Wildman–Crippen MR) is 78.9 cm³/mol. The van der Waals surface area contributed by atoms with Gasteiger partial charge in [0.05, 0.1) is 16.8 Å². The monoisotopic (exact) mass is 379 g/mol. The highest BCUT2D eigenvalue weighted by molar-refractivity contribution is 9.10. The van der Waals surface area contributed by atoms with Gasteiger partial charge in [0.1, 0.15) is 5.82 Å². The maximum Gasteiger partial charge on any atom is 0.159 e. The zero-order valence-corrected chi connectivity index (χ0v) is 12.9. The molecule has 21 heavy (non-hydrogen) atoms. The second-order valence-corrected chi connectivity index (χ2v) is 5.58. The molecule has 0 spiro atoms. The van der Waals surface area contributed by atoms with Crippen LogP contribution in [0.3, 0.4) is 0 Å². The summed E-state index contributed by atoms with van der Waals surface area (Å²) >= 11 is 9.03. The van der Waals surface area contributed by atoms with E-state index in [1.165, 1.54) is 12.1 Å². The molecule has 7 heteroatoms. The third-order valence-electron chi connectivity index (χ3n) is 2.81. The van der Waals surface area contributed by atoms with E-state index in [1.807, 2.05) is 0 Å². The molecule has 1 atom stereocenters. The molecule has 0 aromatic heterocycles. The van der Waals surface area contributed by atoms with Gasteiger partial charge in [-0.3, -0.25) is 0 Å². The topological polar surface area (TPSA) is 32.3 Å². The predicted octanol–water partition coefficient (Wildman–Crippen LogP) is 4.67. The molecule has 0 aliphatic rings. The first-order valence-electron chi connectivity index (χ1n) is 5.90. The summed E-state index contributed by atoms with van der Waals surface area (Å²) in [5, 5.41) is 12.9. The summed E-state index contributed by atoms with van der Waals surface area (Å²) in [6.45, 7) is -0.00494. The molecule has 1 unspecified atom stereocenters. The number of aliphatic hydroxyl groups is 1. The third-order valence-corrected chi connectivity index (χ3v) is 3.73. The molecule has 0 aliphatic carbocycles. The van der Waals surface area contributed by atoms with Gasteiger partial charge < -0.3 is 10.4 Å². The van der Waals surface area contributed by atoms with Gasteiger partial charge in [-0.2, -0.15) is 0 Å².